The Bertz CT molecular complexity index is 95.8. The summed E-state index contributed by atoms with van der Waals surface area (Å²) in [6, 6.07) is -1.16. The third-order valence-corrected chi connectivity index (χ3v) is 0.805. The number of carbonyl (C=O) groups is 1. The van der Waals surface area contributed by atoms with E-state index in [0.717, 1.165) is 0 Å². The Balaban J connectivity index is 0. The van der Waals surface area contributed by atoms with E-state index >= 15 is 0 Å². The zero-order chi connectivity index (χ0) is 6.73. The normalized spacial score (nSPS) is 15.4. The van der Waals surface area contributed by atoms with Gasteiger partial charge in [-0.25, -0.2) is 0 Å². The van der Waals surface area contributed by atoms with Crippen molar-refractivity contribution in [3.63, 3.8) is 0 Å². The minimum Gasteiger partial charge on any atom is -0.480 e. The highest BCUT2D eigenvalue weighted by molar-refractivity contribution is 8.93. The van der Waals surface area contributed by atoms with Gasteiger partial charge in [-0.1, -0.05) is 0 Å². The number of hydrogen-bond acceptors (Lipinski definition) is 3. The number of aliphatic carboxylic acids is 1. The van der Waals surface area contributed by atoms with Gasteiger partial charge in [-0.15, -0.1) is 17.0 Å². The number of rotatable bonds is 2. The maximum Gasteiger partial charge on any atom is 0.323 e. The number of nitrogens with two attached hydrogens (primary N) is 1. The van der Waals surface area contributed by atoms with Gasteiger partial charge in [-0.05, 0) is 6.92 Å². The van der Waals surface area contributed by atoms with Gasteiger partial charge in [0.1, 0.15) is 6.04 Å². The molecule has 0 aliphatic carbocycles. The Hall–Kier alpha value is -0.130. The lowest BCUT2D eigenvalue weighted by atomic mass is 10.2. The maximum atomic E-state index is 9.86. The molecule has 56 valence electrons. The van der Waals surface area contributed by atoms with Gasteiger partial charge in [0.25, 0.3) is 0 Å². The average Bonchev–Trinajstić information content (AvgIpc) is 1.64. The summed E-state index contributed by atoms with van der Waals surface area (Å²) in [5.41, 5.74) is 4.91. The molecule has 2 unspecified atom stereocenters. The Morgan fingerprint density at radius 3 is 2.00 bits per heavy atom. The number of aliphatic hydroxyl groups is 1. The van der Waals surface area contributed by atoms with Crippen LogP contribution in [0.4, 0.5) is 0 Å². The minimum atomic E-state index is -1.18. The predicted octanol–water partition coefficient (Wildman–Crippen LogP) is -0.643. The predicted molar refractivity (Wildman–Crippen MR) is 37.6 cm³/mol. The summed E-state index contributed by atoms with van der Waals surface area (Å²) in [6.45, 7) is 1.33. The van der Waals surface area contributed by atoms with E-state index in [0.29, 0.717) is 0 Å². The highest BCUT2D eigenvalue weighted by Crippen LogP contribution is 1.85. The first-order valence-corrected chi connectivity index (χ1v) is 2.22. The summed E-state index contributed by atoms with van der Waals surface area (Å²) in [4.78, 5) is 9.86. The van der Waals surface area contributed by atoms with Crippen LogP contribution in [-0.2, 0) is 4.79 Å². The molecule has 0 aromatic carbocycles. The number of aliphatic hydroxyl groups excluding tert-OH is 1. The Morgan fingerprint density at radius 1 is 1.67 bits per heavy atom. The van der Waals surface area contributed by atoms with Crippen LogP contribution in [0.2, 0.25) is 0 Å². The van der Waals surface area contributed by atoms with Crippen LogP contribution < -0.4 is 5.73 Å². The molecular weight excluding hydrogens is 190 g/mol. The van der Waals surface area contributed by atoms with Crippen molar-refractivity contribution in [2.24, 2.45) is 5.73 Å². The van der Waals surface area contributed by atoms with E-state index in [2.05, 4.69) is 0 Å². The number of carboxylic acid groups (broad SMARTS) is 1. The monoisotopic (exact) mass is 199 g/mol. The van der Waals surface area contributed by atoms with Crippen LogP contribution in [-0.4, -0.2) is 28.3 Å². The summed E-state index contributed by atoms with van der Waals surface area (Å²) in [7, 11) is 0. The molecule has 5 heteroatoms. The van der Waals surface area contributed by atoms with Crippen molar-refractivity contribution < 1.29 is 15.0 Å². The molecule has 0 saturated carbocycles. The van der Waals surface area contributed by atoms with Crippen LogP contribution in [0.15, 0.2) is 0 Å². The van der Waals surface area contributed by atoms with Gasteiger partial charge in [-0.2, -0.15) is 0 Å². The molecule has 0 rings (SSSR count). The topological polar surface area (TPSA) is 83.5 Å². The van der Waals surface area contributed by atoms with E-state index in [9.17, 15) is 4.79 Å². The summed E-state index contributed by atoms with van der Waals surface area (Å²) >= 11 is 0. The lowest BCUT2D eigenvalue weighted by Crippen LogP contribution is -2.39. The molecule has 0 radical (unpaired) electrons. The van der Waals surface area contributed by atoms with Crippen molar-refractivity contribution >= 4 is 23.0 Å². The molecule has 0 spiro atoms. The van der Waals surface area contributed by atoms with Crippen molar-refractivity contribution in [2.45, 2.75) is 19.1 Å². The molecule has 0 heterocycles. The fourth-order valence-electron chi connectivity index (χ4n) is 0.206. The van der Waals surface area contributed by atoms with E-state index in [1.807, 2.05) is 0 Å². The average molecular weight is 200 g/mol. The van der Waals surface area contributed by atoms with E-state index in [-0.39, 0.29) is 17.0 Å². The number of hydrogen-bond donors (Lipinski definition) is 3. The molecule has 9 heavy (non-hydrogen) atoms. The molecule has 4 nitrogen and oxygen atoms in total. The molecule has 0 aromatic rings. The lowest BCUT2D eigenvalue weighted by molar-refractivity contribution is -0.140. The van der Waals surface area contributed by atoms with E-state index in [1.54, 1.807) is 0 Å². The molecule has 0 saturated heterocycles. The summed E-state index contributed by atoms with van der Waals surface area (Å²) in [5.74, 6) is -1.18. The molecule has 4 N–H and O–H groups in total. The first-order chi connectivity index (χ1) is 3.55. The van der Waals surface area contributed by atoms with Gasteiger partial charge in [0, 0.05) is 0 Å². The number of carboxylic acids is 1. The molecular formula is C4H10BrNO3. The first-order valence-electron chi connectivity index (χ1n) is 2.22. The Labute approximate surface area is 63.4 Å². The fourth-order valence-corrected chi connectivity index (χ4v) is 0.206. The third kappa shape index (κ3) is 4.38. The zero-order valence-corrected chi connectivity index (χ0v) is 6.66. The van der Waals surface area contributed by atoms with Gasteiger partial charge in [0.2, 0.25) is 0 Å². The molecule has 0 bridgehead atoms. The van der Waals surface area contributed by atoms with Gasteiger partial charge in [-0.3, -0.25) is 4.79 Å². The van der Waals surface area contributed by atoms with Crippen molar-refractivity contribution in [2.75, 3.05) is 0 Å². The smallest absolute Gasteiger partial charge is 0.323 e. The SMILES string of the molecule is Br.CC(O)C(N)C(=O)O. The van der Waals surface area contributed by atoms with Crippen molar-refractivity contribution in [3.05, 3.63) is 0 Å². The summed E-state index contributed by atoms with van der Waals surface area (Å²) < 4.78 is 0. The standard InChI is InChI=1S/C4H9NO3.BrH/c1-2(6)3(5)4(7)8;/h2-3,6H,5H2,1H3,(H,7,8);1H. The van der Waals surface area contributed by atoms with E-state index < -0.39 is 18.1 Å². The van der Waals surface area contributed by atoms with Crippen LogP contribution in [0, 0.1) is 0 Å². The van der Waals surface area contributed by atoms with Crippen molar-refractivity contribution in [3.8, 4) is 0 Å². The van der Waals surface area contributed by atoms with E-state index in [1.165, 1.54) is 6.92 Å². The first kappa shape index (κ1) is 11.6. The lowest BCUT2D eigenvalue weighted by Gasteiger charge is -2.06. The largest absolute Gasteiger partial charge is 0.480 e. The maximum absolute atomic E-state index is 9.86. The van der Waals surface area contributed by atoms with E-state index in [4.69, 9.17) is 15.9 Å². The summed E-state index contributed by atoms with van der Waals surface area (Å²) in [5, 5.41) is 16.6. The Morgan fingerprint density at radius 2 is 2.00 bits per heavy atom. The zero-order valence-electron chi connectivity index (χ0n) is 4.94. The van der Waals surface area contributed by atoms with Gasteiger partial charge < -0.3 is 15.9 Å². The van der Waals surface area contributed by atoms with Crippen LogP contribution in [0.3, 0.4) is 0 Å². The summed E-state index contributed by atoms with van der Waals surface area (Å²) in [6.07, 6.45) is -0.979. The molecule has 0 amide bonds. The second kappa shape index (κ2) is 4.72. The highest BCUT2D eigenvalue weighted by Gasteiger charge is 2.16. The minimum absolute atomic E-state index is 0. The quantitative estimate of drug-likeness (QED) is 0.553. The number of halogens is 1. The van der Waals surface area contributed by atoms with Crippen LogP contribution in [0.25, 0.3) is 0 Å². The van der Waals surface area contributed by atoms with Gasteiger partial charge in [0.15, 0.2) is 0 Å². The molecule has 0 fully saturated rings. The van der Waals surface area contributed by atoms with Crippen LogP contribution in [0.5, 0.6) is 0 Å². The van der Waals surface area contributed by atoms with Gasteiger partial charge in [0.05, 0.1) is 6.10 Å². The second-order valence-corrected chi connectivity index (χ2v) is 1.60. The van der Waals surface area contributed by atoms with Crippen LogP contribution in [0.1, 0.15) is 6.92 Å². The second-order valence-electron chi connectivity index (χ2n) is 1.60. The molecule has 0 aromatic heterocycles. The third-order valence-electron chi connectivity index (χ3n) is 0.805. The van der Waals surface area contributed by atoms with Crippen LogP contribution >= 0.6 is 17.0 Å². The van der Waals surface area contributed by atoms with Crippen molar-refractivity contribution in [1.82, 2.24) is 0 Å². The molecule has 0 aliphatic rings. The van der Waals surface area contributed by atoms with Crippen molar-refractivity contribution in [1.29, 1.82) is 0 Å². The fraction of sp³-hybridized carbons (Fsp3) is 0.750. The molecule has 0 aliphatic heterocycles. The Kier molecular flexibility index (Phi) is 6.11. The van der Waals surface area contributed by atoms with Gasteiger partial charge >= 0.3 is 5.97 Å². The highest BCUT2D eigenvalue weighted by atomic mass is 79.9. The molecule has 2 atom stereocenters.